The first kappa shape index (κ1) is 18.0. The summed E-state index contributed by atoms with van der Waals surface area (Å²) in [6.45, 7) is 1.63. The first-order chi connectivity index (χ1) is 10.6. The monoisotopic (exact) mass is 376 g/mol. The van der Waals surface area contributed by atoms with Crippen LogP contribution in [-0.4, -0.2) is 41.9 Å². The zero-order valence-corrected chi connectivity index (χ0v) is 14.3. The molecule has 1 unspecified atom stereocenters. The van der Waals surface area contributed by atoms with Crippen molar-refractivity contribution in [2.24, 2.45) is 0 Å². The second kappa shape index (κ2) is 7.99. The van der Waals surface area contributed by atoms with Gasteiger partial charge in [0, 0.05) is 28.2 Å². The van der Waals surface area contributed by atoms with Crippen molar-refractivity contribution in [3.63, 3.8) is 0 Å². The smallest absolute Gasteiger partial charge is 0.245 e. The fraction of sp³-hybridized carbons (Fsp3) is 0.286. The molecule has 9 heteroatoms. The van der Waals surface area contributed by atoms with E-state index in [2.05, 4.69) is 20.8 Å². The summed E-state index contributed by atoms with van der Waals surface area (Å²) in [6.07, 6.45) is 0. The highest BCUT2D eigenvalue weighted by Crippen LogP contribution is 2.27. The number of nitrogens with zero attached hydrogens (tertiary/aromatic N) is 1. The molecule has 23 heavy (non-hydrogen) atoms. The molecule has 1 fully saturated rings. The van der Waals surface area contributed by atoms with Gasteiger partial charge < -0.3 is 15.4 Å². The number of hydrogen-bond donors (Lipinski definition) is 3. The molecule has 0 bridgehead atoms. The van der Waals surface area contributed by atoms with Gasteiger partial charge in [-0.3, -0.25) is 9.89 Å². The number of aromatic amines is 1. The molecule has 0 aliphatic carbocycles. The molecule has 1 atom stereocenters. The molecule has 0 radical (unpaired) electrons. The minimum atomic E-state index is -0.366. The molecular formula is C14H15Cl3N4O2. The summed E-state index contributed by atoms with van der Waals surface area (Å²) in [5.41, 5.74) is 1.51. The van der Waals surface area contributed by atoms with Gasteiger partial charge >= 0.3 is 0 Å². The van der Waals surface area contributed by atoms with Gasteiger partial charge in [0.15, 0.2) is 5.82 Å². The van der Waals surface area contributed by atoms with E-state index in [1.54, 1.807) is 24.3 Å². The van der Waals surface area contributed by atoms with Gasteiger partial charge in [-0.05, 0) is 18.2 Å². The third kappa shape index (κ3) is 4.59. The van der Waals surface area contributed by atoms with Crippen LogP contribution in [-0.2, 0) is 9.53 Å². The summed E-state index contributed by atoms with van der Waals surface area (Å²) in [7, 11) is 0. The Hall–Kier alpha value is -1.31. The molecule has 2 heterocycles. The fourth-order valence-corrected chi connectivity index (χ4v) is 2.72. The van der Waals surface area contributed by atoms with E-state index in [9.17, 15) is 4.79 Å². The summed E-state index contributed by atoms with van der Waals surface area (Å²) in [5, 5.41) is 13.8. The number of ether oxygens (including phenoxy) is 1. The van der Waals surface area contributed by atoms with Crippen LogP contribution in [0.4, 0.5) is 5.82 Å². The number of anilines is 1. The largest absolute Gasteiger partial charge is 0.378 e. The number of halogens is 3. The Morgan fingerprint density at radius 1 is 1.26 bits per heavy atom. The van der Waals surface area contributed by atoms with Crippen molar-refractivity contribution in [1.29, 1.82) is 0 Å². The van der Waals surface area contributed by atoms with Crippen molar-refractivity contribution in [1.82, 2.24) is 15.5 Å². The highest BCUT2D eigenvalue weighted by molar-refractivity contribution is 6.35. The Bertz CT molecular complexity index is 666. The predicted octanol–water partition coefficient (Wildman–Crippen LogP) is 2.73. The molecule has 1 amide bonds. The first-order valence-corrected chi connectivity index (χ1v) is 7.51. The van der Waals surface area contributed by atoms with E-state index in [4.69, 9.17) is 27.9 Å². The first-order valence-electron chi connectivity index (χ1n) is 6.76. The third-order valence-corrected chi connectivity index (χ3v) is 3.68. The van der Waals surface area contributed by atoms with Crippen molar-refractivity contribution in [3.8, 4) is 11.3 Å². The van der Waals surface area contributed by atoms with Gasteiger partial charge in [-0.1, -0.05) is 23.2 Å². The maximum Gasteiger partial charge on any atom is 0.245 e. The number of benzene rings is 1. The average molecular weight is 378 g/mol. The van der Waals surface area contributed by atoms with Crippen molar-refractivity contribution in [3.05, 3.63) is 34.3 Å². The molecule has 6 nitrogen and oxygen atoms in total. The summed E-state index contributed by atoms with van der Waals surface area (Å²) >= 11 is 12.0. The molecule has 1 saturated heterocycles. The Morgan fingerprint density at radius 2 is 2.00 bits per heavy atom. The lowest BCUT2D eigenvalue weighted by molar-refractivity contribution is -0.120. The molecular weight excluding hydrogens is 363 g/mol. The number of nitrogens with one attached hydrogen (secondary N) is 3. The minimum absolute atomic E-state index is 0. The quantitative estimate of drug-likeness (QED) is 0.768. The zero-order chi connectivity index (χ0) is 15.5. The number of rotatable bonds is 3. The second-order valence-electron chi connectivity index (χ2n) is 4.90. The topological polar surface area (TPSA) is 79.0 Å². The molecule has 3 N–H and O–H groups in total. The number of carbonyl (C=O) groups is 1. The summed E-state index contributed by atoms with van der Waals surface area (Å²) in [6, 6.07) is 6.55. The molecule has 1 aliphatic rings. The number of H-pyrrole nitrogens is 1. The van der Waals surface area contributed by atoms with Crippen LogP contribution in [0.1, 0.15) is 0 Å². The van der Waals surface area contributed by atoms with Gasteiger partial charge in [0.05, 0.1) is 18.9 Å². The SMILES string of the molecule is Cl.O=C(Nc1cc(-c2cc(Cl)cc(Cl)c2)[nH]n1)C1COCCN1. The maximum absolute atomic E-state index is 12.1. The Kier molecular flexibility index (Phi) is 6.26. The summed E-state index contributed by atoms with van der Waals surface area (Å²) in [4.78, 5) is 12.1. The summed E-state index contributed by atoms with van der Waals surface area (Å²) < 4.78 is 5.26. The van der Waals surface area contributed by atoms with Crippen LogP contribution in [0, 0.1) is 0 Å². The van der Waals surface area contributed by atoms with E-state index < -0.39 is 0 Å². The van der Waals surface area contributed by atoms with Crippen molar-refractivity contribution < 1.29 is 9.53 Å². The van der Waals surface area contributed by atoms with Gasteiger partial charge in [-0.15, -0.1) is 12.4 Å². The highest BCUT2D eigenvalue weighted by Gasteiger charge is 2.21. The van der Waals surface area contributed by atoms with Crippen LogP contribution < -0.4 is 10.6 Å². The lowest BCUT2D eigenvalue weighted by Gasteiger charge is -2.22. The third-order valence-electron chi connectivity index (χ3n) is 3.24. The van der Waals surface area contributed by atoms with E-state index in [0.29, 0.717) is 41.3 Å². The molecule has 1 aliphatic heterocycles. The molecule has 0 spiro atoms. The predicted molar refractivity (Wildman–Crippen MR) is 92.5 cm³/mol. The number of morpholine rings is 1. The van der Waals surface area contributed by atoms with Gasteiger partial charge in [0.1, 0.15) is 6.04 Å². The van der Waals surface area contributed by atoms with E-state index in [1.165, 1.54) is 0 Å². The van der Waals surface area contributed by atoms with E-state index in [-0.39, 0.29) is 24.4 Å². The number of amides is 1. The van der Waals surface area contributed by atoms with Crippen molar-refractivity contribution in [2.75, 3.05) is 25.1 Å². The van der Waals surface area contributed by atoms with Crippen LogP contribution in [0.15, 0.2) is 24.3 Å². The van der Waals surface area contributed by atoms with Gasteiger partial charge in [-0.25, -0.2) is 0 Å². The molecule has 0 saturated carbocycles. The molecule has 1 aromatic carbocycles. The Balaban J connectivity index is 0.00000192. The van der Waals surface area contributed by atoms with Crippen LogP contribution in [0.3, 0.4) is 0 Å². The average Bonchev–Trinajstić information content (AvgIpc) is 2.96. The number of carbonyl (C=O) groups excluding carboxylic acids is 1. The van der Waals surface area contributed by atoms with Crippen molar-refractivity contribution >= 4 is 47.3 Å². The molecule has 2 aromatic rings. The Labute approximate surface area is 149 Å². The molecule has 1 aromatic heterocycles. The van der Waals surface area contributed by atoms with Gasteiger partial charge in [0.25, 0.3) is 0 Å². The second-order valence-corrected chi connectivity index (χ2v) is 5.77. The standard InChI is InChI=1S/C14H14Cl2N4O2.ClH/c15-9-3-8(4-10(16)5-9)11-6-13(20-19-11)18-14(21)12-7-22-2-1-17-12;/h3-6,12,17H,1-2,7H2,(H2,18,19,20,21);1H. The van der Waals surface area contributed by atoms with Gasteiger partial charge in [0.2, 0.25) is 5.91 Å². The lowest BCUT2D eigenvalue weighted by Crippen LogP contribution is -2.48. The molecule has 124 valence electrons. The number of aromatic nitrogens is 2. The number of hydrogen-bond acceptors (Lipinski definition) is 4. The van der Waals surface area contributed by atoms with E-state index in [0.717, 1.165) is 5.56 Å². The van der Waals surface area contributed by atoms with Crippen LogP contribution >= 0.6 is 35.6 Å². The fourth-order valence-electron chi connectivity index (χ4n) is 2.19. The van der Waals surface area contributed by atoms with E-state index in [1.807, 2.05) is 0 Å². The van der Waals surface area contributed by atoms with Crippen molar-refractivity contribution in [2.45, 2.75) is 6.04 Å². The normalized spacial score (nSPS) is 17.4. The van der Waals surface area contributed by atoms with E-state index >= 15 is 0 Å². The minimum Gasteiger partial charge on any atom is -0.378 e. The van der Waals surface area contributed by atoms with Crippen LogP contribution in [0.2, 0.25) is 10.0 Å². The van der Waals surface area contributed by atoms with Gasteiger partial charge in [-0.2, -0.15) is 5.10 Å². The highest BCUT2D eigenvalue weighted by atomic mass is 35.5. The van der Waals surface area contributed by atoms with Crippen LogP contribution in [0.25, 0.3) is 11.3 Å². The maximum atomic E-state index is 12.1. The zero-order valence-electron chi connectivity index (χ0n) is 11.9. The lowest BCUT2D eigenvalue weighted by atomic mass is 10.1. The summed E-state index contributed by atoms with van der Waals surface area (Å²) in [5.74, 6) is 0.255. The Morgan fingerprint density at radius 3 is 2.65 bits per heavy atom. The van der Waals surface area contributed by atoms with Crippen LogP contribution in [0.5, 0.6) is 0 Å². The molecule has 3 rings (SSSR count).